The Bertz CT molecular complexity index is 72.1. The van der Waals surface area contributed by atoms with E-state index in [9.17, 15) is 0 Å². The Balaban J connectivity index is 3.24. The molecular weight excluding hydrogens is 96.1 g/mol. The minimum Gasteiger partial charge on any atom is -0.100 e. The van der Waals surface area contributed by atoms with Crippen LogP contribution in [0.25, 0.3) is 0 Å². The average Bonchev–Trinajstić information content (AvgIpc) is 1.65. The molecule has 0 spiro atoms. The first kappa shape index (κ1) is 7.74. The van der Waals surface area contributed by atoms with Crippen LogP contribution < -0.4 is 0 Å². The molecule has 0 saturated heterocycles. The number of allylic oxidation sites excluding steroid dienone is 1. The highest BCUT2D eigenvalue weighted by atomic mass is 14.0. The van der Waals surface area contributed by atoms with Gasteiger partial charge in [-0.2, -0.15) is 0 Å². The van der Waals surface area contributed by atoms with Gasteiger partial charge in [-0.25, -0.2) is 0 Å². The summed E-state index contributed by atoms with van der Waals surface area (Å²) < 4.78 is 0. The molecule has 0 aromatic rings. The van der Waals surface area contributed by atoms with Crippen LogP contribution in [0, 0.1) is 12.8 Å². The third kappa shape index (κ3) is 3.91. The predicted molar refractivity (Wildman–Crippen MR) is 38.6 cm³/mol. The topological polar surface area (TPSA) is 0 Å². The molecule has 0 heteroatoms. The largest absolute Gasteiger partial charge is 0.100 e. The van der Waals surface area contributed by atoms with Gasteiger partial charge in [0.25, 0.3) is 0 Å². The summed E-state index contributed by atoms with van der Waals surface area (Å²) in [5, 5.41) is 0. The van der Waals surface area contributed by atoms with Crippen LogP contribution in [-0.2, 0) is 0 Å². The first-order valence-electron chi connectivity index (χ1n) is 3.14. The Hall–Kier alpha value is -0.260. The second-order valence-corrected chi connectivity index (χ2v) is 2.44. The quantitative estimate of drug-likeness (QED) is 0.491. The maximum absolute atomic E-state index is 3.94. The molecular formula is C8H15. The Morgan fingerprint density at radius 1 is 1.62 bits per heavy atom. The zero-order chi connectivity index (χ0) is 6.57. The van der Waals surface area contributed by atoms with Crippen LogP contribution in [-0.4, -0.2) is 0 Å². The fourth-order valence-corrected chi connectivity index (χ4v) is 0.637. The summed E-state index contributed by atoms with van der Waals surface area (Å²) in [7, 11) is 0. The van der Waals surface area contributed by atoms with Gasteiger partial charge in [-0.15, -0.1) is 6.58 Å². The number of hydrogen-bond donors (Lipinski definition) is 0. The van der Waals surface area contributed by atoms with Crippen molar-refractivity contribution >= 4 is 0 Å². The minimum atomic E-state index is 0.576. The molecule has 0 heterocycles. The van der Waals surface area contributed by atoms with Crippen molar-refractivity contribution in [2.45, 2.75) is 26.7 Å². The Kier molecular flexibility index (Phi) is 3.59. The molecule has 0 aliphatic carbocycles. The lowest BCUT2D eigenvalue weighted by Gasteiger charge is -2.05. The van der Waals surface area contributed by atoms with Crippen molar-refractivity contribution in [2.24, 2.45) is 5.92 Å². The van der Waals surface area contributed by atoms with E-state index in [-0.39, 0.29) is 0 Å². The van der Waals surface area contributed by atoms with Gasteiger partial charge in [0.1, 0.15) is 0 Å². The molecule has 0 bridgehead atoms. The molecule has 47 valence electrons. The Labute approximate surface area is 52.6 Å². The molecule has 0 aromatic carbocycles. The highest BCUT2D eigenvalue weighted by Crippen LogP contribution is 2.10. The molecule has 0 fully saturated rings. The van der Waals surface area contributed by atoms with E-state index in [0.29, 0.717) is 5.92 Å². The SMILES string of the molecule is [CH2]C(CC)CC(=C)C. The summed E-state index contributed by atoms with van der Waals surface area (Å²) in [6.45, 7) is 11.9. The first-order chi connectivity index (χ1) is 3.66. The fourth-order valence-electron chi connectivity index (χ4n) is 0.637. The molecule has 1 atom stereocenters. The van der Waals surface area contributed by atoms with Crippen LogP contribution in [0.15, 0.2) is 12.2 Å². The summed E-state index contributed by atoms with van der Waals surface area (Å²) in [4.78, 5) is 0. The van der Waals surface area contributed by atoms with Gasteiger partial charge in [-0.3, -0.25) is 0 Å². The third-order valence-corrected chi connectivity index (χ3v) is 1.21. The van der Waals surface area contributed by atoms with Crippen molar-refractivity contribution in [1.82, 2.24) is 0 Å². The molecule has 1 unspecified atom stereocenters. The zero-order valence-electron chi connectivity index (χ0n) is 5.91. The van der Waals surface area contributed by atoms with Crippen molar-refractivity contribution < 1.29 is 0 Å². The van der Waals surface area contributed by atoms with Crippen LogP contribution in [0.3, 0.4) is 0 Å². The molecule has 0 saturated carbocycles. The van der Waals surface area contributed by atoms with Crippen molar-refractivity contribution in [1.29, 1.82) is 0 Å². The summed E-state index contributed by atoms with van der Waals surface area (Å²) >= 11 is 0. The third-order valence-electron chi connectivity index (χ3n) is 1.21. The molecule has 8 heavy (non-hydrogen) atoms. The lowest BCUT2D eigenvalue weighted by molar-refractivity contribution is 0.617. The predicted octanol–water partition coefficient (Wildman–Crippen LogP) is 2.81. The second-order valence-electron chi connectivity index (χ2n) is 2.44. The summed E-state index contributed by atoms with van der Waals surface area (Å²) in [5.41, 5.74) is 1.24. The number of hydrogen-bond acceptors (Lipinski definition) is 0. The van der Waals surface area contributed by atoms with Gasteiger partial charge >= 0.3 is 0 Å². The van der Waals surface area contributed by atoms with Gasteiger partial charge in [-0.05, 0) is 26.2 Å². The van der Waals surface area contributed by atoms with Crippen molar-refractivity contribution in [3.63, 3.8) is 0 Å². The van der Waals surface area contributed by atoms with E-state index in [1.807, 2.05) is 6.92 Å². The second kappa shape index (κ2) is 3.71. The highest BCUT2D eigenvalue weighted by molar-refractivity contribution is 4.90. The highest BCUT2D eigenvalue weighted by Gasteiger charge is 1.96. The Morgan fingerprint density at radius 3 is 2.25 bits per heavy atom. The molecule has 0 rings (SSSR count). The maximum Gasteiger partial charge on any atom is -0.0297 e. The smallest absolute Gasteiger partial charge is 0.0297 e. The van der Waals surface area contributed by atoms with E-state index in [4.69, 9.17) is 0 Å². The standard InChI is InChI=1S/C8H15/c1-5-8(4)6-7(2)3/h8H,2,4-6H2,1,3H3. The molecule has 0 nitrogen and oxygen atoms in total. The van der Waals surface area contributed by atoms with Gasteiger partial charge in [0.05, 0.1) is 0 Å². The lowest BCUT2D eigenvalue weighted by atomic mass is 10.0. The van der Waals surface area contributed by atoms with Gasteiger partial charge < -0.3 is 0 Å². The molecule has 0 aromatic heterocycles. The van der Waals surface area contributed by atoms with Crippen molar-refractivity contribution in [3.8, 4) is 0 Å². The van der Waals surface area contributed by atoms with Crippen LogP contribution in [0.1, 0.15) is 26.7 Å². The average molecular weight is 111 g/mol. The van der Waals surface area contributed by atoms with Crippen LogP contribution in [0.5, 0.6) is 0 Å². The monoisotopic (exact) mass is 111 g/mol. The fraction of sp³-hybridized carbons (Fsp3) is 0.625. The van der Waals surface area contributed by atoms with E-state index >= 15 is 0 Å². The van der Waals surface area contributed by atoms with Crippen LogP contribution in [0.2, 0.25) is 0 Å². The van der Waals surface area contributed by atoms with Crippen molar-refractivity contribution in [3.05, 3.63) is 19.1 Å². The first-order valence-corrected chi connectivity index (χ1v) is 3.14. The molecule has 0 amide bonds. The van der Waals surface area contributed by atoms with Crippen LogP contribution in [0.4, 0.5) is 0 Å². The molecule has 0 aliphatic rings. The van der Waals surface area contributed by atoms with E-state index in [1.165, 1.54) is 5.57 Å². The van der Waals surface area contributed by atoms with Gasteiger partial charge in [-0.1, -0.05) is 18.9 Å². The summed E-state index contributed by atoms with van der Waals surface area (Å²) in [6.07, 6.45) is 2.24. The zero-order valence-corrected chi connectivity index (χ0v) is 5.91. The van der Waals surface area contributed by atoms with Crippen molar-refractivity contribution in [2.75, 3.05) is 0 Å². The summed E-state index contributed by atoms with van der Waals surface area (Å²) in [5.74, 6) is 0.576. The minimum absolute atomic E-state index is 0.576. The van der Waals surface area contributed by atoms with Gasteiger partial charge in [0.15, 0.2) is 0 Å². The Morgan fingerprint density at radius 2 is 2.12 bits per heavy atom. The number of rotatable bonds is 3. The maximum atomic E-state index is 3.94. The van der Waals surface area contributed by atoms with Crippen LogP contribution >= 0.6 is 0 Å². The van der Waals surface area contributed by atoms with E-state index < -0.39 is 0 Å². The summed E-state index contributed by atoms with van der Waals surface area (Å²) in [6, 6.07) is 0. The van der Waals surface area contributed by atoms with E-state index in [0.717, 1.165) is 12.8 Å². The lowest BCUT2D eigenvalue weighted by Crippen LogP contribution is -1.91. The van der Waals surface area contributed by atoms with Gasteiger partial charge in [0.2, 0.25) is 0 Å². The van der Waals surface area contributed by atoms with E-state index in [1.54, 1.807) is 0 Å². The molecule has 0 N–H and O–H groups in total. The molecule has 1 radical (unpaired) electrons. The normalized spacial score (nSPS) is 13.4. The van der Waals surface area contributed by atoms with E-state index in [2.05, 4.69) is 20.4 Å². The molecule has 0 aliphatic heterocycles. The van der Waals surface area contributed by atoms with Gasteiger partial charge in [0, 0.05) is 0 Å².